The Bertz CT molecular complexity index is 272. The number of nitrogens with zero attached hydrogens (tertiary/aromatic N) is 1. The van der Waals surface area contributed by atoms with Crippen molar-refractivity contribution in [1.82, 2.24) is 10.2 Å². The molecular formula is C11H20N2O3. The first kappa shape index (κ1) is 13.0. The molecule has 1 aliphatic heterocycles. The number of carbonyl (C=O) groups excluding carboxylic acids is 1. The second-order valence-corrected chi connectivity index (χ2v) is 4.67. The van der Waals surface area contributed by atoms with Crippen LogP contribution >= 0.6 is 0 Å². The Morgan fingerprint density at radius 2 is 2.06 bits per heavy atom. The van der Waals surface area contributed by atoms with E-state index in [1.807, 2.05) is 13.8 Å². The van der Waals surface area contributed by atoms with E-state index in [-0.39, 0.29) is 17.7 Å². The quantitative estimate of drug-likeness (QED) is 0.719. The van der Waals surface area contributed by atoms with Gasteiger partial charge in [0.25, 0.3) is 0 Å². The molecule has 1 fully saturated rings. The van der Waals surface area contributed by atoms with Gasteiger partial charge in [0, 0.05) is 13.6 Å². The predicted octanol–water partition coefficient (Wildman–Crippen LogP) is 0.164. The van der Waals surface area contributed by atoms with Gasteiger partial charge >= 0.3 is 5.97 Å². The first-order valence-electron chi connectivity index (χ1n) is 5.65. The zero-order chi connectivity index (χ0) is 12.3. The lowest BCUT2D eigenvalue weighted by Gasteiger charge is -2.29. The fourth-order valence-corrected chi connectivity index (χ4v) is 2.19. The molecule has 0 aromatic carbocycles. The topological polar surface area (TPSA) is 69.6 Å². The maximum atomic E-state index is 12.0. The highest BCUT2D eigenvalue weighted by atomic mass is 16.4. The van der Waals surface area contributed by atoms with Gasteiger partial charge < -0.3 is 15.3 Å². The molecule has 1 aliphatic rings. The third kappa shape index (κ3) is 2.72. The number of amides is 1. The number of nitrogens with one attached hydrogen (secondary N) is 1. The highest BCUT2D eigenvalue weighted by molar-refractivity contribution is 5.85. The summed E-state index contributed by atoms with van der Waals surface area (Å²) < 4.78 is 0. The standard InChI is InChI=1S/C11H20N2O3/c1-7(2)9(11(15)16)13(3)10(14)8-4-5-12-6-8/h7-9,12H,4-6H2,1-3H3,(H,15,16)/t8-,9?/m0/s1. The van der Waals surface area contributed by atoms with Crippen LogP contribution < -0.4 is 5.32 Å². The number of likely N-dealkylation sites (N-methyl/N-ethyl adjacent to an activating group) is 1. The molecule has 1 amide bonds. The zero-order valence-electron chi connectivity index (χ0n) is 10.1. The largest absolute Gasteiger partial charge is 0.480 e. The molecule has 0 spiro atoms. The molecule has 1 unspecified atom stereocenters. The van der Waals surface area contributed by atoms with Gasteiger partial charge in [-0.1, -0.05) is 13.8 Å². The monoisotopic (exact) mass is 228 g/mol. The summed E-state index contributed by atoms with van der Waals surface area (Å²) in [5.74, 6) is -1.14. The summed E-state index contributed by atoms with van der Waals surface area (Å²) in [4.78, 5) is 24.5. The molecule has 1 saturated heterocycles. The Hall–Kier alpha value is -1.10. The lowest BCUT2D eigenvalue weighted by atomic mass is 10.0. The van der Waals surface area contributed by atoms with Gasteiger partial charge in [-0.25, -0.2) is 4.79 Å². The van der Waals surface area contributed by atoms with Crippen molar-refractivity contribution in [3.63, 3.8) is 0 Å². The average molecular weight is 228 g/mol. The minimum atomic E-state index is -0.934. The van der Waals surface area contributed by atoms with E-state index in [1.54, 1.807) is 7.05 Å². The molecule has 0 bridgehead atoms. The SMILES string of the molecule is CC(C)C(C(=O)O)N(C)C(=O)[C@H]1CCNC1. The smallest absolute Gasteiger partial charge is 0.326 e. The average Bonchev–Trinajstić information content (AvgIpc) is 2.67. The Morgan fingerprint density at radius 1 is 1.44 bits per heavy atom. The third-order valence-electron chi connectivity index (χ3n) is 3.06. The third-order valence-corrected chi connectivity index (χ3v) is 3.06. The van der Waals surface area contributed by atoms with E-state index in [2.05, 4.69) is 5.32 Å². The fourth-order valence-electron chi connectivity index (χ4n) is 2.19. The van der Waals surface area contributed by atoms with E-state index < -0.39 is 12.0 Å². The van der Waals surface area contributed by atoms with Crippen molar-refractivity contribution in [3.8, 4) is 0 Å². The van der Waals surface area contributed by atoms with Crippen LogP contribution in [0.4, 0.5) is 0 Å². The molecule has 0 radical (unpaired) electrons. The summed E-state index contributed by atoms with van der Waals surface area (Å²) in [6.45, 7) is 5.13. The lowest BCUT2D eigenvalue weighted by Crippen LogP contribution is -2.48. The molecule has 5 heteroatoms. The van der Waals surface area contributed by atoms with E-state index >= 15 is 0 Å². The highest BCUT2D eigenvalue weighted by Gasteiger charge is 2.33. The van der Waals surface area contributed by atoms with Crippen LogP contribution in [0.1, 0.15) is 20.3 Å². The Labute approximate surface area is 95.8 Å². The number of carboxylic acid groups (broad SMARTS) is 1. The van der Waals surface area contributed by atoms with Crippen LogP contribution in [0.3, 0.4) is 0 Å². The second kappa shape index (κ2) is 5.30. The lowest BCUT2D eigenvalue weighted by molar-refractivity contribution is -0.152. The van der Waals surface area contributed by atoms with Crippen LogP contribution in [-0.4, -0.2) is 48.1 Å². The number of rotatable bonds is 4. The molecule has 0 aliphatic carbocycles. The van der Waals surface area contributed by atoms with Gasteiger partial charge in [0.2, 0.25) is 5.91 Å². The summed E-state index contributed by atoms with van der Waals surface area (Å²) in [5.41, 5.74) is 0. The van der Waals surface area contributed by atoms with E-state index in [1.165, 1.54) is 4.90 Å². The van der Waals surface area contributed by atoms with Crippen LogP contribution in [-0.2, 0) is 9.59 Å². The van der Waals surface area contributed by atoms with Gasteiger partial charge in [-0.05, 0) is 18.9 Å². The molecule has 1 rings (SSSR count). The zero-order valence-corrected chi connectivity index (χ0v) is 10.1. The molecule has 2 atom stereocenters. The van der Waals surface area contributed by atoms with Crippen molar-refractivity contribution >= 4 is 11.9 Å². The minimum absolute atomic E-state index is 0.0638. The maximum absolute atomic E-state index is 12.0. The molecule has 2 N–H and O–H groups in total. The Balaban J connectivity index is 2.69. The summed E-state index contributed by atoms with van der Waals surface area (Å²) in [7, 11) is 1.58. The number of hydrogen-bond donors (Lipinski definition) is 2. The van der Waals surface area contributed by atoms with Crippen LogP contribution in [0.15, 0.2) is 0 Å². The van der Waals surface area contributed by atoms with Crippen LogP contribution in [0.25, 0.3) is 0 Å². The first-order chi connectivity index (χ1) is 7.45. The van der Waals surface area contributed by atoms with Gasteiger partial charge in [-0.3, -0.25) is 4.79 Å². The van der Waals surface area contributed by atoms with E-state index in [0.717, 1.165) is 13.0 Å². The minimum Gasteiger partial charge on any atom is -0.480 e. The van der Waals surface area contributed by atoms with Crippen molar-refractivity contribution < 1.29 is 14.7 Å². The van der Waals surface area contributed by atoms with Gasteiger partial charge in [0.15, 0.2) is 0 Å². The number of hydrogen-bond acceptors (Lipinski definition) is 3. The summed E-state index contributed by atoms with van der Waals surface area (Å²) >= 11 is 0. The molecule has 0 aromatic rings. The number of aliphatic carboxylic acids is 1. The predicted molar refractivity (Wildman–Crippen MR) is 60.0 cm³/mol. The van der Waals surface area contributed by atoms with Gasteiger partial charge in [0.05, 0.1) is 5.92 Å². The maximum Gasteiger partial charge on any atom is 0.326 e. The number of carbonyl (C=O) groups is 2. The molecule has 0 saturated carbocycles. The van der Waals surface area contributed by atoms with Gasteiger partial charge in [-0.2, -0.15) is 0 Å². The number of carboxylic acids is 1. The normalized spacial score (nSPS) is 22.1. The molecule has 1 heterocycles. The molecular weight excluding hydrogens is 208 g/mol. The van der Waals surface area contributed by atoms with Crippen LogP contribution in [0, 0.1) is 11.8 Å². The van der Waals surface area contributed by atoms with E-state index in [4.69, 9.17) is 5.11 Å². The molecule has 5 nitrogen and oxygen atoms in total. The van der Waals surface area contributed by atoms with Crippen molar-refractivity contribution in [1.29, 1.82) is 0 Å². The van der Waals surface area contributed by atoms with E-state index in [0.29, 0.717) is 6.54 Å². The summed E-state index contributed by atoms with van der Waals surface area (Å²) in [6.07, 6.45) is 0.799. The molecule has 16 heavy (non-hydrogen) atoms. The van der Waals surface area contributed by atoms with Crippen molar-refractivity contribution in [2.45, 2.75) is 26.3 Å². The van der Waals surface area contributed by atoms with Gasteiger partial charge in [-0.15, -0.1) is 0 Å². The first-order valence-corrected chi connectivity index (χ1v) is 5.65. The highest BCUT2D eigenvalue weighted by Crippen LogP contribution is 2.16. The summed E-state index contributed by atoms with van der Waals surface area (Å²) in [6, 6.07) is -0.729. The fraction of sp³-hybridized carbons (Fsp3) is 0.818. The van der Waals surface area contributed by atoms with Crippen LogP contribution in [0.5, 0.6) is 0 Å². The second-order valence-electron chi connectivity index (χ2n) is 4.67. The van der Waals surface area contributed by atoms with Gasteiger partial charge in [0.1, 0.15) is 6.04 Å². The van der Waals surface area contributed by atoms with Crippen LogP contribution in [0.2, 0.25) is 0 Å². The summed E-state index contributed by atoms with van der Waals surface area (Å²) in [5, 5.41) is 12.2. The Kier molecular flexibility index (Phi) is 4.29. The van der Waals surface area contributed by atoms with E-state index in [9.17, 15) is 9.59 Å². The Morgan fingerprint density at radius 3 is 2.44 bits per heavy atom. The van der Waals surface area contributed by atoms with Crippen molar-refractivity contribution in [3.05, 3.63) is 0 Å². The van der Waals surface area contributed by atoms with Crippen molar-refractivity contribution in [2.24, 2.45) is 11.8 Å². The molecule has 92 valence electrons. The molecule has 0 aromatic heterocycles. The van der Waals surface area contributed by atoms with Crippen molar-refractivity contribution in [2.75, 3.05) is 20.1 Å².